The SMILES string of the molecule is C[N+](C)=C(OC1C=CC=CN1)[N+](C)(C)[O-].F[B-](F)(F)F. The first-order valence-electron chi connectivity index (χ1n) is 5.64. The van der Waals surface area contributed by atoms with Gasteiger partial charge in [0.1, 0.15) is 14.1 Å². The highest BCUT2D eigenvalue weighted by atomic mass is 19.5. The Labute approximate surface area is 115 Å². The van der Waals surface area contributed by atoms with Gasteiger partial charge >= 0.3 is 13.3 Å². The lowest BCUT2D eigenvalue weighted by Crippen LogP contribution is -2.48. The van der Waals surface area contributed by atoms with Crippen LogP contribution in [0, 0.1) is 5.21 Å². The highest BCUT2D eigenvalue weighted by molar-refractivity contribution is 6.50. The van der Waals surface area contributed by atoms with Gasteiger partial charge in [-0.3, -0.25) is 0 Å². The van der Waals surface area contributed by atoms with Crippen molar-refractivity contribution in [1.82, 2.24) is 5.32 Å². The first-order valence-corrected chi connectivity index (χ1v) is 5.64. The Balaban J connectivity index is 0.000000621. The van der Waals surface area contributed by atoms with Crippen molar-refractivity contribution in [2.75, 3.05) is 28.2 Å². The fraction of sp³-hybridized carbons (Fsp3) is 0.500. The van der Waals surface area contributed by atoms with E-state index in [1.807, 2.05) is 18.2 Å². The van der Waals surface area contributed by atoms with Crippen LogP contribution in [0.3, 0.4) is 0 Å². The Morgan fingerprint density at radius 2 is 1.75 bits per heavy atom. The van der Waals surface area contributed by atoms with Crippen LogP contribution in [0.2, 0.25) is 0 Å². The second kappa shape index (κ2) is 7.29. The smallest absolute Gasteiger partial charge is 0.621 e. The minimum atomic E-state index is -6.00. The van der Waals surface area contributed by atoms with Crippen LogP contribution in [0.15, 0.2) is 24.4 Å². The summed E-state index contributed by atoms with van der Waals surface area (Å²) in [7, 11) is 0.626. The van der Waals surface area contributed by atoms with Crippen LogP contribution >= 0.6 is 0 Å². The maximum Gasteiger partial charge on any atom is 0.673 e. The molecule has 1 rings (SSSR count). The van der Waals surface area contributed by atoms with Gasteiger partial charge in [0.05, 0.1) is 14.1 Å². The number of allylic oxidation sites excluding steroid dienone is 2. The Kier molecular flexibility index (Phi) is 6.73. The van der Waals surface area contributed by atoms with Crippen LogP contribution in [0.4, 0.5) is 17.3 Å². The molecular formula is C10H18BF4N3O2. The molecule has 1 aliphatic rings. The number of hydrogen-bond donors (Lipinski definition) is 1. The topological polar surface area (TPSA) is 47.3 Å². The molecule has 1 aliphatic heterocycles. The summed E-state index contributed by atoms with van der Waals surface area (Å²) in [6.07, 6.45) is 7.09. The molecule has 20 heavy (non-hydrogen) atoms. The van der Waals surface area contributed by atoms with Crippen molar-refractivity contribution < 1.29 is 31.2 Å². The predicted octanol–water partition coefficient (Wildman–Crippen LogP) is 1.50. The van der Waals surface area contributed by atoms with Crippen molar-refractivity contribution in [3.63, 3.8) is 0 Å². The minimum Gasteiger partial charge on any atom is -0.621 e. The van der Waals surface area contributed by atoms with E-state index in [0.29, 0.717) is 6.02 Å². The van der Waals surface area contributed by atoms with Crippen molar-refractivity contribution in [3.05, 3.63) is 29.6 Å². The molecule has 0 aromatic rings. The molecule has 0 saturated carbocycles. The van der Waals surface area contributed by atoms with E-state index in [2.05, 4.69) is 5.32 Å². The average Bonchev–Trinajstić information content (AvgIpc) is 2.23. The molecular weight excluding hydrogens is 281 g/mol. The van der Waals surface area contributed by atoms with E-state index >= 15 is 0 Å². The number of amidine groups is 1. The Morgan fingerprint density at radius 1 is 1.25 bits per heavy atom. The summed E-state index contributed by atoms with van der Waals surface area (Å²) in [6, 6.07) is 0.354. The Morgan fingerprint density at radius 3 is 2.05 bits per heavy atom. The van der Waals surface area contributed by atoms with Crippen molar-refractivity contribution >= 4 is 13.3 Å². The van der Waals surface area contributed by atoms with Crippen LogP contribution < -0.4 is 5.32 Å². The van der Waals surface area contributed by atoms with E-state index in [-0.39, 0.29) is 6.23 Å². The second-order valence-electron chi connectivity index (χ2n) is 4.47. The van der Waals surface area contributed by atoms with Crippen molar-refractivity contribution in [3.8, 4) is 0 Å². The lowest BCUT2D eigenvalue weighted by molar-refractivity contribution is -0.788. The van der Waals surface area contributed by atoms with Crippen LogP contribution in [-0.4, -0.2) is 56.9 Å². The maximum atomic E-state index is 11.8. The lowest BCUT2D eigenvalue weighted by Gasteiger charge is -2.30. The molecule has 0 spiro atoms. The van der Waals surface area contributed by atoms with Gasteiger partial charge in [0, 0.05) is 0 Å². The number of nitrogens with zero attached hydrogens (tertiary/aromatic N) is 2. The summed E-state index contributed by atoms with van der Waals surface area (Å²) < 4.78 is 45.7. The van der Waals surface area contributed by atoms with Crippen molar-refractivity contribution in [2.24, 2.45) is 0 Å². The van der Waals surface area contributed by atoms with Gasteiger partial charge in [-0.05, 0) is 18.4 Å². The number of hydrogen-bond acceptors (Lipinski definition) is 3. The number of nitrogens with one attached hydrogen (secondary N) is 1. The van der Waals surface area contributed by atoms with Crippen molar-refractivity contribution in [1.29, 1.82) is 0 Å². The number of rotatable bonds is 1. The molecule has 0 fully saturated rings. The van der Waals surface area contributed by atoms with E-state index in [1.165, 1.54) is 14.1 Å². The van der Waals surface area contributed by atoms with Gasteiger partial charge in [0.25, 0.3) is 0 Å². The van der Waals surface area contributed by atoms with Gasteiger partial charge in [-0.25, -0.2) is 4.65 Å². The monoisotopic (exact) mass is 299 g/mol. The third kappa shape index (κ3) is 9.39. The maximum absolute atomic E-state index is 11.8. The Hall–Kier alpha value is -1.55. The van der Waals surface area contributed by atoms with Crippen molar-refractivity contribution in [2.45, 2.75) is 6.23 Å². The summed E-state index contributed by atoms with van der Waals surface area (Å²) in [5.41, 5.74) is 0. The zero-order valence-corrected chi connectivity index (χ0v) is 11.7. The molecule has 1 N–H and O–H groups in total. The molecule has 1 atom stereocenters. The minimum absolute atomic E-state index is 0.279. The standard InChI is InChI=1S/C10H18N3O2.BF4/c1-12(2)10(13(3,4)14)15-9-7-5-6-8-11-9;2-1(3,4)5/h5-9,11H,1-4H3;/q+1;-1. The third-order valence-electron chi connectivity index (χ3n) is 1.83. The molecule has 1 heterocycles. The normalized spacial score (nSPS) is 17.8. The number of quaternary nitrogens is 1. The van der Waals surface area contributed by atoms with Gasteiger partial charge in [0.2, 0.25) is 6.23 Å². The second-order valence-corrected chi connectivity index (χ2v) is 4.47. The number of hydroxylamine groups is 3. The van der Waals surface area contributed by atoms with Crippen LogP contribution in [-0.2, 0) is 4.74 Å². The zero-order valence-electron chi connectivity index (χ0n) is 11.7. The first kappa shape index (κ1) is 18.5. The van der Waals surface area contributed by atoms with E-state index in [0.717, 1.165) is 0 Å². The summed E-state index contributed by atoms with van der Waals surface area (Å²) in [6.45, 7) is 0. The number of halogens is 4. The van der Waals surface area contributed by atoms with Gasteiger partial charge < -0.3 is 32.5 Å². The van der Waals surface area contributed by atoms with Gasteiger partial charge in [-0.1, -0.05) is 6.08 Å². The molecule has 5 nitrogen and oxygen atoms in total. The largest absolute Gasteiger partial charge is 0.673 e. The Bertz CT molecular complexity index is 392. The van der Waals surface area contributed by atoms with E-state index < -0.39 is 11.9 Å². The molecule has 1 unspecified atom stereocenters. The molecule has 0 radical (unpaired) electrons. The first-order chi connectivity index (χ1) is 8.91. The molecule has 0 aliphatic carbocycles. The van der Waals surface area contributed by atoms with Crippen LogP contribution in [0.5, 0.6) is 0 Å². The molecule has 0 amide bonds. The number of ether oxygens (including phenoxy) is 1. The van der Waals surface area contributed by atoms with Gasteiger partial charge in [-0.2, -0.15) is 4.58 Å². The average molecular weight is 299 g/mol. The third-order valence-corrected chi connectivity index (χ3v) is 1.83. The van der Waals surface area contributed by atoms with E-state index in [9.17, 15) is 22.5 Å². The van der Waals surface area contributed by atoms with Gasteiger partial charge in [-0.15, -0.1) is 0 Å². The fourth-order valence-corrected chi connectivity index (χ4v) is 1.33. The van der Waals surface area contributed by atoms with Gasteiger partial charge in [0.15, 0.2) is 0 Å². The van der Waals surface area contributed by atoms with E-state index in [4.69, 9.17) is 4.74 Å². The molecule has 0 aromatic carbocycles. The molecule has 10 heteroatoms. The highest BCUT2D eigenvalue weighted by Gasteiger charge is 2.28. The zero-order chi connectivity index (χ0) is 16.0. The van der Waals surface area contributed by atoms with Crippen LogP contribution in [0.25, 0.3) is 0 Å². The summed E-state index contributed by atoms with van der Waals surface area (Å²) in [5, 5.41) is 14.8. The molecule has 116 valence electrons. The fourth-order valence-electron chi connectivity index (χ4n) is 1.33. The predicted molar refractivity (Wildman–Crippen MR) is 69.1 cm³/mol. The quantitative estimate of drug-likeness (QED) is 0.152. The molecule has 0 saturated heterocycles. The molecule has 0 bridgehead atoms. The molecule has 0 aromatic heterocycles. The summed E-state index contributed by atoms with van der Waals surface area (Å²) in [4.78, 5) is 0. The number of dihydropyridines is 1. The lowest BCUT2D eigenvalue weighted by atomic mass is 10.3. The summed E-state index contributed by atoms with van der Waals surface area (Å²) >= 11 is 0. The van der Waals surface area contributed by atoms with E-state index in [1.54, 1.807) is 24.9 Å². The van der Waals surface area contributed by atoms with Crippen LogP contribution in [0.1, 0.15) is 0 Å². The summed E-state index contributed by atoms with van der Waals surface area (Å²) in [5.74, 6) is 0. The highest BCUT2D eigenvalue weighted by Crippen LogP contribution is 2.06.